The third-order valence-corrected chi connectivity index (χ3v) is 6.46. The summed E-state index contributed by atoms with van der Waals surface area (Å²) in [5, 5.41) is 5.50. The first-order valence-electron chi connectivity index (χ1n) is 11.7. The van der Waals surface area contributed by atoms with E-state index in [0.29, 0.717) is 12.5 Å². The summed E-state index contributed by atoms with van der Waals surface area (Å²) in [6.07, 6.45) is 5.04. The van der Waals surface area contributed by atoms with Crippen molar-refractivity contribution in [2.24, 2.45) is 5.92 Å². The van der Waals surface area contributed by atoms with E-state index in [4.69, 9.17) is 4.98 Å². The minimum atomic E-state index is 0.00643. The molecule has 2 heterocycles. The molecule has 0 spiro atoms. The van der Waals surface area contributed by atoms with Gasteiger partial charge in [-0.2, -0.15) is 0 Å². The lowest BCUT2D eigenvalue weighted by molar-refractivity contribution is 0.0950. The molecule has 0 radical (unpaired) electrons. The van der Waals surface area contributed by atoms with Crippen molar-refractivity contribution >= 4 is 22.6 Å². The van der Waals surface area contributed by atoms with Gasteiger partial charge < -0.3 is 10.2 Å². The van der Waals surface area contributed by atoms with E-state index in [1.54, 1.807) is 0 Å². The lowest BCUT2D eigenvalue weighted by atomic mass is 9.93. The number of carbonyl (C=O) groups is 1. The molecule has 1 N–H and O–H groups in total. The highest BCUT2D eigenvalue weighted by Gasteiger charge is 2.21. The second kappa shape index (κ2) is 9.82. The van der Waals surface area contributed by atoms with E-state index in [1.807, 2.05) is 42.6 Å². The van der Waals surface area contributed by atoms with Crippen LogP contribution < -0.4 is 10.2 Å². The van der Waals surface area contributed by atoms with Crippen LogP contribution in [0.15, 0.2) is 85.1 Å². The average Bonchev–Trinajstić information content (AvgIpc) is 2.89. The SMILES string of the molecule is O=C(NCCC1CCN(c2nccc(-c3ccc4ccccc4c3)n2)CC1)c1ccccc1. The van der Waals surface area contributed by atoms with Gasteiger partial charge in [0.2, 0.25) is 5.95 Å². The Balaban J connectivity index is 1.16. The van der Waals surface area contributed by atoms with Crippen molar-refractivity contribution < 1.29 is 4.79 Å². The van der Waals surface area contributed by atoms with Crippen LogP contribution in [0.2, 0.25) is 0 Å². The summed E-state index contributed by atoms with van der Waals surface area (Å²) < 4.78 is 0. The molecule has 0 unspecified atom stereocenters. The molecule has 4 aromatic rings. The molecule has 0 aliphatic carbocycles. The van der Waals surface area contributed by atoms with Crippen molar-refractivity contribution in [2.75, 3.05) is 24.5 Å². The molecular formula is C28H28N4O. The second-order valence-electron chi connectivity index (χ2n) is 8.64. The van der Waals surface area contributed by atoms with Crippen molar-refractivity contribution in [1.82, 2.24) is 15.3 Å². The Morgan fingerprint density at radius 2 is 1.67 bits per heavy atom. The van der Waals surface area contributed by atoms with Gasteiger partial charge in [0.25, 0.3) is 5.91 Å². The number of benzene rings is 3. The number of anilines is 1. The largest absolute Gasteiger partial charge is 0.352 e. The summed E-state index contributed by atoms with van der Waals surface area (Å²) >= 11 is 0. The lowest BCUT2D eigenvalue weighted by Crippen LogP contribution is -2.36. The quantitative estimate of drug-likeness (QED) is 0.444. The van der Waals surface area contributed by atoms with Crippen LogP contribution in [0.1, 0.15) is 29.6 Å². The van der Waals surface area contributed by atoms with Gasteiger partial charge in [-0.1, -0.05) is 54.6 Å². The maximum atomic E-state index is 12.2. The molecule has 1 saturated heterocycles. The van der Waals surface area contributed by atoms with Crippen LogP contribution in [0, 0.1) is 5.92 Å². The van der Waals surface area contributed by atoms with E-state index in [1.165, 1.54) is 10.8 Å². The van der Waals surface area contributed by atoms with E-state index in [9.17, 15) is 4.79 Å². The number of hydrogen-bond donors (Lipinski definition) is 1. The second-order valence-corrected chi connectivity index (χ2v) is 8.64. The lowest BCUT2D eigenvalue weighted by Gasteiger charge is -2.32. The first kappa shape index (κ1) is 21.1. The number of nitrogens with zero attached hydrogens (tertiary/aromatic N) is 3. The van der Waals surface area contributed by atoms with Gasteiger partial charge in [0.1, 0.15) is 0 Å². The molecule has 0 saturated carbocycles. The number of rotatable bonds is 6. The molecule has 3 aromatic carbocycles. The number of amides is 1. The first-order valence-corrected chi connectivity index (χ1v) is 11.7. The summed E-state index contributed by atoms with van der Waals surface area (Å²) in [5.74, 6) is 1.42. The van der Waals surface area contributed by atoms with E-state index < -0.39 is 0 Å². The van der Waals surface area contributed by atoms with Crippen molar-refractivity contribution in [3.8, 4) is 11.3 Å². The summed E-state index contributed by atoms with van der Waals surface area (Å²) in [5.41, 5.74) is 2.79. The van der Waals surface area contributed by atoms with Gasteiger partial charge in [0.05, 0.1) is 5.69 Å². The van der Waals surface area contributed by atoms with Gasteiger partial charge in [-0.05, 0) is 60.2 Å². The van der Waals surface area contributed by atoms with Gasteiger partial charge in [-0.3, -0.25) is 4.79 Å². The molecular weight excluding hydrogens is 408 g/mol. The molecule has 5 heteroatoms. The number of fused-ring (bicyclic) bond motifs is 1. The third-order valence-electron chi connectivity index (χ3n) is 6.46. The summed E-state index contributed by atoms with van der Waals surface area (Å²) in [4.78, 5) is 23.9. The Morgan fingerprint density at radius 3 is 2.48 bits per heavy atom. The number of hydrogen-bond acceptors (Lipinski definition) is 4. The molecule has 0 atom stereocenters. The van der Waals surface area contributed by atoms with E-state index in [-0.39, 0.29) is 5.91 Å². The average molecular weight is 437 g/mol. The maximum absolute atomic E-state index is 12.2. The van der Waals surface area contributed by atoms with Gasteiger partial charge in [0.15, 0.2) is 0 Å². The predicted molar refractivity (Wildman–Crippen MR) is 133 cm³/mol. The molecule has 166 valence electrons. The predicted octanol–water partition coefficient (Wildman–Crippen LogP) is 5.33. The van der Waals surface area contributed by atoms with Crippen LogP contribution in [-0.4, -0.2) is 35.5 Å². The van der Waals surface area contributed by atoms with Crippen LogP contribution in [-0.2, 0) is 0 Å². The highest BCUT2D eigenvalue weighted by atomic mass is 16.1. The monoisotopic (exact) mass is 436 g/mol. The normalized spacial score (nSPS) is 14.4. The molecule has 5 nitrogen and oxygen atoms in total. The molecule has 1 aromatic heterocycles. The topological polar surface area (TPSA) is 58.1 Å². The van der Waals surface area contributed by atoms with Gasteiger partial charge >= 0.3 is 0 Å². The highest BCUT2D eigenvalue weighted by Crippen LogP contribution is 2.26. The molecule has 1 fully saturated rings. The highest BCUT2D eigenvalue weighted by molar-refractivity contribution is 5.94. The van der Waals surface area contributed by atoms with E-state index >= 15 is 0 Å². The maximum Gasteiger partial charge on any atom is 0.251 e. The zero-order valence-corrected chi connectivity index (χ0v) is 18.7. The van der Waals surface area contributed by atoms with E-state index in [0.717, 1.165) is 55.1 Å². The fraction of sp³-hybridized carbons (Fsp3) is 0.250. The fourth-order valence-electron chi connectivity index (χ4n) is 4.51. The molecule has 5 rings (SSSR count). The minimum absolute atomic E-state index is 0.00643. The Morgan fingerprint density at radius 1 is 0.909 bits per heavy atom. The fourth-order valence-corrected chi connectivity index (χ4v) is 4.51. The zero-order chi connectivity index (χ0) is 22.5. The van der Waals surface area contributed by atoms with Gasteiger partial charge in [-0.25, -0.2) is 9.97 Å². The summed E-state index contributed by atoms with van der Waals surface area (Å²) in [7, 11) is 0. The number of nitrogens with one attached hydrogen (secondary N) is 1. The third kappa shape index (κ3) is 5.03. The van der Waals surface area contributed by atoms with Crippen LogP contribution in [0.3, 0.4) is 0 Å². The van der Waals surface area contributed by atoms with Crippen LogP contribution >= 0.6 is 0 Å². The smallest absolute Gasteiger partial charge is 0.251 e. The minimum Gasteiger partial charge on any atom is -0.352 e. The number of carbonyl (C=O) groups excluding carboxylic acids is 1. The van der Waals surface area contributed by atoms with Crippen LogP contribution in [0.5, 0.6) is 0 Å². The first-order chi connectivity index (χ1) is 16.3. The standard InChI is InChI=1S/C28H28N4O/c33-27(23-7-2-1-3-8-23)29-16-12-21-14-18-32(19-15-21)28-30-17-13-26(31-28)25-11-10-22-6-4-5-9-24(22)20-25/h1-11,13,17,20-21H,12,14-16,18-19H2,(H,29,33). The Bertz CT molecular complexity index is 1230. The van der Waals surface area contributed by atoms with E-state index in [2.05, 4.69) is 57.7 Å². The van der Waals surface area contributed by atoms with Crippen molar-refractivity contribution in [3.05, 3.63) is 90.6 Å². The Hall–Kier alpha value is -3.73. The van der Waals surface area contributed by atoms with Crippen molar-refractivity contribution in [1.29, 1.82) is 0 Å². The van der Waals surface area contributed by atoms with Crippen LogP contribution in [0.25, 0.3) is 22.0 Å². The van der Waals surface area contributed by atoms with Crippen molar-refractivity contribution in [3.63, 3.8) is 0 Å². The molecule has 1 amide bonds. The number of aromatic nitrogens is 2. The van der Waals surface area contributed by atoms with Crippen molar-refractivity contribution in [2.45, 2.75) is 19.3 Å². The summed E-state index contributed by atoms with van der Waals surface area (Å²) in [6, 6.07) is 26.2. The Kier molecular flexibility index (Phi) is 6.29. The molecule has 1 aliphatic rings. The van der Waals surface area contributed by atoms with Gasteiger partial charge in [0, 0.05) is 37.0 Å². The van der Waals surface area contributed by atoms with Gasteiger partial charge in [-0.15, -0.1) is 0 Å². The zero-order valence-electron chi connectivity index (χ0n) is 18.7. The molecule has 33 heavy (non-hydrogen) atoms. The Labute approximate surface area is 194 Å². The molecule has 0 bridgehead atoms. The number of piperidine rings is 1. The molecule has 1 aliphatic heterocycles. The van der Waals surface area contributed by atoms with Crippen LogP contribution in [0.4, 0.5) is 5.95 Å². The summed E-state index contributed by atoms with van der Waals surface area (Å²) in [6.45, 7) is 2.60.